The average molecular weight is 278 g/mol. The molecule has 1 aromatic rings. The number of hydrogen-bond acceptors (Lipinski definition) is 5. The van der Waals surface area contributed by atoms with E-state index in [0.717, 1.165) is 6.42 Å². The van der Waals surface area contributed by atoms with Crippen LogP contribution in [0.15, 0.2) is 18.2 Å². The molecular weight excluding hydrogens is 260 g/mol. The van der Waals surface area contributed by atoms with Crippen LogP contribution in [0.25, 0.3) is 0 Å². The zero-order chi connectivity index (χ0) is 14.5. The van der Waals surface area contributed by atoms with E-state index in [4.69, 9.17) is 5.84 Å². The molecule has 0 spiro atoms. The van der Waals surface area contributed by atoms with Crippen molar-refractivity contribution >= 4 is 17.3 Å². The summed E-state index contributed by atoms with van der Waals surface area (Å²) < 4.78 is 0. The van der Waals surface area contributed by atoms with E-state index in [1.807, 2.05) is 0 Å². The van der Waals surface area contributed by atoms with Crippen molar-refractivity contribution in [2.75, 3.05) is 12.0 Å². The normalized spacial score (nSPS) is 14.4. The van der Waals surface area contributed by atoms with Gasteiger partial charge < -0.3 is 10.7 Å². The van der Waals surface area contributed by atoms with Crippen LogP contribution in [0.2, 0.25) is 0 Å². The molecule has 1 aromatic carbocycles. The Bertz CT molecular complexity index is 514. The largest absolute Gasteiger partial charge is 0.352 e. The average Bonchev–Trinajstić information content (AvgIpc) is 2.40. The molecule has 0 atom stereocenters. The molecule has 0 heterocycles. The molecule has 1 amide bonds. The van der Waals surface area contributed by atoms with Crippen LogP contribution in [0.1, 0.15) is 36.0 Å². The maximum absolute atomic E-state index is 12.0. The fourth-order valence-electron chi connectivity index (χ4n) is 2.23. The summed E-state index contributed by atoms with van der Waals surface area (Å²) in [7, 11) is 0. The van der Waals surface area contributed by atoms with Crippen LogP contribution in [-0.4, -0.2) is 17.4 Å². The number of nitrogens with one attached hydrogen (secondary N) is 2. The van der Waals surface area contributed by atoms with Gasteiger partial charge in [0, 0.05) is 18.3 Å². The Labute approximate surface area is 116 Å². The first-order valence-electron chi connectivity index (χ1n) is 6.65. The number of carbonyl (C=O) groups is 1. The van der Waals surface area contributed by atoms with Crippen molar-refractivity contribution in [1.29, 1.82) is 0 Å². The smallest absolute Gasteiger partial charge is 0.282 e. The Morgan fingerprint density at radius 2 is 2.20 bits per heavy atom. The van der Waals surface area contributed by atoms with Gasteiger partial charge in [-0.15, -0.1) is 0 Å². The SMILES string of the molecule is NNc1ccc([N+](=O)[O-])c(C(=O)NCCC2CCC2)c1. The number of anilines is 1. The Morgan fingerprint density at radius 1 is 1.45 bits per heavy atom. The van der Waals surface area contributed by atoms with Crippen molar-refractivity contribution < 1.29 is 9.72 Å². The highest BCUT2D eigenvalue weighted by atomic mass is 16.6. The van der Waals surface area contributed by atoms with Crippen molar-refractivity contribution in [3.05, 3.63) is 33.9 Å². The van der Waals surface area contributed by atoms with Gasteiger partial charge in [-0.05, 0) is 24.5 Å². The second kappa shape index (κ2) is 6.33. The summed E-state index contributed by atoms with van der Waals surface area (Å²) in [5.74, 6) is 5.50. The van der Waals surface area contributed by atoms with Crippen LogP contribution >= 0.6 is 0 Å². The van der Waals surface area contributed by atoms with Gasteiger partial charge in [-0.1, -0.05) is 19.3 Å². The summed E-state index contributed by atoms with van der Waals surface area (Å²) in [6.07, 6.45) is 4.61. The number of rotatable bonds is 6. The third-order valence-electron chi connectivity index (χ3n) is 3.67. The maximum atomic E-state index is 12.0. The van der Waals surface area contributed by atoms with Crippen LogP contribution in [-0.2, 0) is 0 Å². The number of nitrogen functional groups attached to an aromatic ring is 1. The number of nitro benzene ring substituents is 1. The van der Waals surface area contributed by atoms with E-state index in [9.17, 15) is 14.9 Å². The highest BCUT2D eigenvalue weighted by Gasteiger charge is 2.21. The summed E-state index contributed by atoms with van der Waals surface area (Å²) in [4.78, 5) is 22.4. The Balaban J connectivity index is 2.03. The fraction of sp³-hybridized carbons (Fsp3) is 0.462. The number of carbonyl (C=O) groups excluding carboxylic acids is 1. The Kier molecular flexibility index (Phi) is 4.52. The molecule has 20 heavy (non-hydrogen) atoms. The zero-order valence-corrected chi connectivity index (χ0v) is 11.1. The lowest BCUT2D eigenvalue weighted by atomic mass is 9.83. The second-order valence-electron chi connectivity index (χ2n) is 4.97. The molecule has 0 aromatic heterocycles. The number of nitrogens with two attached hydrogens (primary N) is 1. The number of hydrogen-bond donors (Lipinski definition) is 3. The molecule has 7 heteroatoms. The maximum Gasteiger partial charge on any atom is 0.282 e. The molecule has 7 nitrogen and oxygen atoms in total. The van der Waals surface area contributed by atoms with Crippen molar-refractivity contribution in [2.45, 2.75) is 25.7 Å². The minimum atomic E-state index is -0.568. The molecule has 0 bridgehead atoms. The Hall–Kier alpha value is -2.15. The summed E-state index contributed by atoms with van der Waals surface area (Å²) in [5, 5.41) is 13.7. The molecule has 0 unspecified atom stereocenters. The second-order valence-corrected chi connectivity index (χ2v) is 4.97. The van der Waals surface area contributed by atoms with E-state index in [1.165, 1.54) is 37.5 Å². The monoisotopic (exact) mass is 278 g/mol. The number of nitrogens with zero attached hydrogens (tertiary/aromatic N) is 1. The lowest BCUT2D eigenvalue weighted by Crippen LogP contribution is -2.28. The molecule has 0 saturated heterocycles. The van der Waals surface area contributed by atoms with Gasteiger partial charge in [0.2, 0.25) is 0 Å². The molecule has 0 aliphatic heterocycles. The molecule has 0 radical (unpaired) electrons. The molecule has 2 rings (SSSR count). The van der Waals surface area contributed by atoms with E-state index < -0.39 is 10.8 Å². The zero-order valence-electron chi connectivity index (χ0n) is 11.1. The third-order valence-corrected chi connectivity index (χ3v) is 3.67. The molecule has 108 valence electrons. The topological polar surface area (TPSA) is 110 Å². The fourth-order valence-corrected chi connectivity index (χ4v) is 2.23. The van der Waals surface area contributed by atoms with Gasteiger partial charge in [0.15, 0.2) is 0 Å². The standard InChI is InChI=1S/C13H18N4O3/c14-16-10-4-5-12(17(19)20)11(8-10)13(18)15-7-6-9-2-1-3-9/h4-5,8-9,16H,1-3,6-7,14H2,(H,15,18). The van der Waals surface area contributed by atoms with Crippen molar-refractivity contribution in [3.8, 4) is 0 Å². The predicted octanol–water partition coefficient (Wildman–Crippen LogP) is 1.80. The van der Waals surface area contributed by atoms with Gasteiger partial charge in [0.1, 0.15) is 5.56 Å². The predicted molar refractivity (Wildman–Crippen MR) is 75.2 cm³/mol. The van der Waals surface area contributed by atoms with Crippen LogP contribution in [0.3, 0.4) is 0 Å². The number of benzene rings is 1. The van der Waals surface area contributed by atoms with E-state index in [1.54, 1.807) is 0 Å². The highest BCUT2D eigenvalue weighted by molar-refractivity contribution is 5.99. The number of hydrazine groups is 1. The van der Waals surface area contributed by atoms with Gasteiger partial charge in [-0.2, -0.15) is 0 Å². The first-order valence-corrected chi connectivity index (χ1v) is 6.65. The minimum Gasteiger partial charge on any atom is -0.352 e. The lowest BCUT2D eigenvalue weighted by molar-refractivity contribution is -0.385. The summed E-state index contributed by atoms with van der Waals surface area (Å²) in [5.41, 5.74) is 2.65. The highest BCUT2D eigenvalue weighted by Crippen LogP contribution is 2.29. The summed E-state index contributed by atoms with van der Waals surface area (Å²) in [6, 6.07) is 4.12. The van der Waals surface area contributed by atoms with Crippen molar-refractivity contribution in [3.63, 3.8) is 0 Å². The van der Waals surface area contributed by atoms with E-state index in [-0.39, 0.29) is 11.3 Å². The molecule has 1 fully saturated rings. The molecule has 4 N–H and O–H groups in total. The molecular formula is C13H18N4O3. The van der Waals surface area contributed by atoms with Gasteiger partial charge in [-0.25, -0.2) is 0 Å². The van der Waals surface area contributed by atoms with Gasteiger partial charge in [-0.3, -0.25) is 20.8 Å². The van der Waals surface area contributed by atoms with Crippen LogP contribution in [0.4, 0.5) is 11.4 Å². The summed E-state index contributed by atoms with van der Waals surface area (Å²) in [6.45, 7) is 0.543. The Morgan fingerprint density at radius 3 is 2.75 bits per heavy atom. The van der Waals surface area contributed by atoms with Crippen LogP contribution < -0.4 is 16.6 Å². The van der Waals surface area contributed by atoms with Crippen molar-refractivity contribution in [1.82, 2.24) is 5.32 Å². The van der Waals surface area contributed by atoms with Gasteiger partial charge >= 0.3 is 0 Å². The molecule has 1 saturated carbocycles. The van der Waals surface area contributed by atoms with Crippen LogP contribution in [0, 0.1) is 16.0 Å². The van der Waals surface area contributed by atoms with Gasteiger partial charge in [0.05, 0.1) is 4.92 Å². The third kappa shape index (κ3) is 3.24. The first-order chi connectivity index (χ1) is 9.61. The quantitative estimate of drug-likeness (QED) is 0.417. The van der Waals surface area contributed by atoms with Crippen LogP contribution in [0.5, 0.6) is 0 Å². The van der Waals surface area contributed by atoms with Gasteiger partial charge in [0.25, 0.3) is 11.6 Å². The van der Waals surface area contributed by atoms with E-state index >= 15 is 0 Å². The lowest BCUT2D eigenvalue weighted by Gasteiger charge is -2.25. The molecule has 1 aliphatic carbocycles. The number of nitro groups is 1. The minimum absolute atomic E-state index is 0.0269. The van der Waals surface area contributed by atoms with E-state index in [2.05, 4.69) is 10.7 Å². The first kappa shape index (κ1) is 14.3. The van der Waals surface area contributed by atoms with E-state index in [0.29, 0.717) is 18.2 Å². The number of amides is 1. The summed E-state index contributed by atoms with van der Waals surface area (Å²) >= 11 is 0. The molecule has 1 aliphatic rings. The van der Waals surface area contributed by atoms with Crippen molar-refractivity contribution in [2.24, 2.45) is 11.8 Å².